The normalized spacial score (nSPS) is 14.2. The fourth-order valence-electron chi connectivity index (χ4n) is 7.53. The SMILES string of the molecule is CC/C=C\C/C=C\C/C=C\C/C=C\C/C=C\C/C=C\C/C=C\CCCCCCCCCCCCCCCCCC(=O)OC(COC(=O)CCCCC/C=C\C/C=C\C/C=C\CC)COP(=O)([O-])OCC[N+](C)(C)C. The van der Waals surface area contributed by atoms with Crippen molar-refractivity contribution in [1.82, 2.24) is 0 Å². The van der Waals surface area contributed by atoms with Crippen LogP contribution in [0.5, 0.6) is 0 Å². The molecule has 0 saturated carbocycles. The average Bonchev–Trinajstić information content (AvgIpc) is 3.36. The average molecular weight is 1050 g/mol. The van der Waals surface area contributed by atoms with Gasteiger partial charge in [0.15, 0.2) is 6.10 Å². The van der Waals surface area contributed by atoms with Crippen molar-refractivity contribution in [3.8, 4) is 0 Å². The van der Waals surface area contributed by atoms with E-state index in [4.69, 9.17) is 18.5 Å². The fourth-order valence-corrected chi connectivity index (χ4v) is 8.26. The summed E-state index contributed by atoms with van der Waals surface area (Å²) in [4.78, 5) is 37.7. The lowest BCUT2D eigenvalue weighted by Gasteiger charge is -2.28. The zero-order valence-electron chi connectivity index (χ0n) is 47.7. The summed E-state index contributed by atoms with van der Waals surface area (Å²) in [5.41, 5.74) is 0. The number of nitrogens with zero attached hydrogens (tertiary/aromatic N) is 1. The summed E-state index contributed by atoms with van der Waals surface area (Å²) in [5.74, 6) is -0.874. The number of hydrogen-bond acceptors (Lipinski definition) is 8. The molecule has 0 aromatic rings. The molecule has 74 heavy (non-hydrogen) atoms. The van der Waals surface area contributed by atoms with Crippen LogP contribution in [-0.4, -0.2) is 70.0 Å². The number of carbonyl (C=O) groups excluding carboxylic acids is 2. The maximum absolute atomic E-state index is 12.8. The first-order valence-corrected chi connectivity index (χ1v) is 30.7. The van der Waals surface area contributed by atoms with Crippen molar-refractivity contribution >= 4 is 19.8 Å². The van der Waals surface area contributed by atoms with E-state index in [1.54, 1.807) is 0 Å². The van der Waals surface area contributed by atoms with Crippen LogP contribution < -0.4 is 4.89 Å². The lowest BCUT2D eigenvalue weighted by molar-refractivity contribution is -0.870. The number of unbranched alkanes of at least 4 members (excludes halogenated alkanes) is 18. The Labute approximate surface area is 454 Å². The highest BCUT2D eigenvalue weighted by Gasteiger charge is 2.21. The minimum absolute atomic E-state index is 0.0405. The number of quaternary nitrogens is 1. The largest absolute Gasteiger partial charge is 0.756 e. The Balaban J connectivity index is 4.05. The number of carbonyl (C=O) groups is 2. The number of phosphoric acid groups is 1. The number of rotatable bonds is 52. The number of ether oxygens (including phenoxy) is 2. The minimum Gasteiger partial charge on any atom is -0.756 e. The van der Waals surface area contributed by atoms with Crippen molar-refractivity contribution in [2.24, 2.45) is 0 Å². The zero-order chi connectivity index (χ0) is 54.2. The summed E-state index contributed by atoms with van der Waals surface area (Å²) in [7, 11) is 1.14. The molecule has 0 aliphatic rings. The molecule has 422 valence electrons. The maximum atomic E-state index is 12.8. The molecule has 0 aliphatic heterocycles. The molecule has 0 radical (unpaired) electrons. The second kappa shape index (κ2) is 54.2. The topological polar surface area (TPSA) is 111 Å². The van der Waals surface area contributed by atoms with Crippen LogP contribution in [0, 0.1) is 0 Å². The molecule has 2 unspecified atom stereocenters. The highest BCUT2D eigenvalue weighted by Crippen LogP contribution is 2.38. The predicted octanol–water partition coefficient (Wildman–Crippen LogP) is 17.7. The van der Waals surface area contributed by atoms with Crippen molar-refractivity contribution in [2.75, 3.05) is 47.5 Å². The van der Waals surface area contributed by atoms with Crippen LogP contribution in [0.1, 0.15) is 219 Å². The van der Waals surface area contributed by atoms with Gasteiger partial charge in [0.05, 0.1) is 27.7 Å². The first kappa shape index (κ1) is 70.4. The van der Waals surface area contributed by atoms with E-state index in [0.717, 1.165) is 103 Å². The van der Waals surface area contributed by atoms with E-state index in [9.17, 15) is 19.0 Å². The van der Waals surface area contributed by atoms with Gasteiger partial charge in [0, 0.05) is 12.8 Å². The van der Waals surface area contributed by atoms with Gasteiger partial charge in [-0.2, -0.15) is 0 Å². The summed E-state index contributed by atoms with van der Waals surface area (Å²) >= 11 is 0. The van der Waals surface area contributed by atoms with E-state index in [-0.39, 0.29) is 26.1 Å². The molecule has 0 heterocycles. The van der Waals surface area contributed by atoms with Gasteiger partial charge < -0.3 is 27.9 Å². The molecule has 0 bridgehead atoms. The van der Waals surface area contributed by atoms with Crippen molar-refractivity contribution in [3.05, 3.63) is 122 Å². The highest BCUT2D eigenvalue weighted by atomic mass is 31.2. The van der Waals surface area contributed by atoms with E-state index in [0.29, 0.717) is 23.9 Å². The lowest BCUT2D eigenvalue weighted by atomic mass is 10.0. The number of hydrogen-bond donors (Lipinski definition) is 0. The Morgan fingerprint density at radius 3 is 1.09 bits per heavy atom. The van der Waals surface area contributed by atoms with Gasteiger partial charge in [-0.15, -0.1) is 0 Å². The molecule has 0 rings (SSSR count). The number of phosphoric ester groups is 1. The van der Waals surface area contributed by atoms with Gasteiger partial charge in [-0.25, -0.2) is 0 Å². The standard InChI is InChI=1S/C64H108NO8P/c1-6-8-10-12-14-16-18-20-21-22-23-24-25-26-27-28-29-30-31-32-33-34-35-36-37-38-39-40-41-42-43-45-47-49-51-53-55-57-64(67)73-62(61-72-74(68,69)71-59-58-65(3,4)5)60-70-63(66)56-54-52-50-48-46-44-19-17-15-13-11-9-7-2/h8-11,14-17,20-21,23-24,26-27,29-30,32-33,44,46,62H,6-7,12-13,18-19,22,25,28,31,34-43,45,47-61H2,1-5H3/b10-8-,11-9-,16-14-,17-15-,21-20-,24-23-,27-26-,30-29-,33-32-,46-44-. The molecule has 0 saturated heterocycles. The van der Waals surface area contributed by atoms with Crippen molar-refractivity contribution in [3.63, 3.8) is 0 Å². The van der Waals surface area contributed by atoms with Gasteiger partial charge in [-0.1, -0.05) is 225 Å². The van der Waals surface area contributed by atoms with Gasteiger partial charge in [0.2, 0.25) is 0 Å². The predicted molar refractivity (Wildman–Crippen MR) is 314 cm³/mol. The van der Waals surface area contributed by atoms with E-state index in [1.165, 1.54) is 77.0 Å². The first-order valence-electron chi connectivity index (χ1n) is 29.2. The monoisotopic (exact) mass is 1050 g/mol. The van der Waals surface area contributed by atoms with Crippen LogP contribution >= 0.6 is 7.82 Å². The quantitative estimate of drug-likeness (QED) is 0.0195. The van der Waals surface area contributed by atoms with Gasteiger partial charge in [-0.3, -0.25) is 14.2 Å². The van der Waals surface area contributed by atoms with Crippen LogP contribution in [-0.2, 0) is 32.7 Å². The molecule has 10 heteroatoms. The second-order valence-electron chi connectivity index (χ2n) is 20.2. The van der Waals surface area contributed by atoms with Crippen molar-refractivity contribution in [2.45, 2.75) is 225 Å². The zero-order valence-corrected chi connectivity index (χ0v) is 48.6. The molecule has 2 atom stereocenters. The van der Waals surface area contributed by atoms with Gasteiger partial charge in [0.1, 0.15) is 19.8 Å². The van der Waals surface area contributed by atoms with E-state index < -0.39 is 32.5 Å². The minimum atomic E-state index is -4.64. The van der Waals surface area contributed by atoms with Crippen LogP contribution in [0.2, 0.25) is 0 Å². The summed E-state index contributed by atoms with van der Waals surface area (Å²) in [6.07, 6.45) is 77.0. The van der Waals surface area contributed by atoms with E-state index in [2.05, 4.69) is 135 Å². The lowest BCUT2D eigenvalue weighted by Crippen LogP contribution is -2.37. The molecule has 0 aliphatic carbocycles. The third-order valence-corrected chi connectivity index (χ3v) is 12.9. The fraction of sp³-hybridized carbons (Fsp3) is 0.656. The summed E-state index contributed by atoms with van der Waals surface area (Å²) < 4.78 is 34.0. The first-order chi connectivity index (χ1) is 36.0. The molecular weight excluding hydrogens is 942 g/mol. The molecule has 0 N–H and O–H groups in total. The maximum Gasteiger partial charge on any atom is 0.306 e. The van der Waals surface area contributed by atoms with Crippen LogP contribution in [0.25, 0.3) is 0 Å². The molecular formula is C64H108NO8P. The van der Waals surface area contributed by atoms with E-state index in [1.807, 2.05) is 21.1 Å². The molecule has 0 amide bonds. The Morgan fingerprint density at radius 1 is 0.419 bits per heavy atom. The molecule has 0 fully saturated rings. The molecule has 0 aromatic heterocycles. The van der Waals surface area contributed by atoms with Crippen LogP contribution in [0.15, 0.2) is 122 Å². The summed E-state index contributed by atoms with van der Waals surface area (Å²) in [6.45, 7) is 3.96. The number of esters is 2. The Hall–Kier alpha value is -3.59. The summed E-state index contributed by atoms with van der Waals surface area (Å²) in [5, 5.41) is 0. The van der Waals surface area contributed by atoms with Crippen molar-refractivity contribution in [1.29, 1.82) is 0 Å². The molecule has 9 nitrogen and oxygen atoms in total. The Bertz CT molecular complexity index is 1660. The van der Waals surface area contributed by atoms with Crippen LogP contribution in [0.3, 0.4) is 0 Å². The van der Waals surface area contributed by atoms with Gasteiger partial charge in [-0.05, 0) is 103 Å². The highest BCUT2D eigenvalue weighted by molar-refractivity contribution is 7.45. The molecule has 0 spiro atoms. The van der Waals surface area contributed by atoms with Crippen molar-refractivity contribution < 1.29 is 42.1 Å². The Kier molecular flexibility index (Phi) is 51.6. The van der Waals surface area contributed by atoms with E-state index >= 15 is 0 Å². The Morgan fingerprint density at radius 2 is 0.730 bits per heavy atom. The van der Waals surface area contributed by atoms with Gasteiger partial charge >= 0.3 is 11.9 Å². The third-order valence-electron chi connectivity index (χ3n) is 12.0. The third kappa shape index (κ3) is 57.7. The second-order valence-corrected chi connectivity index (χ2v) is 21.7. The number of likely N-dealkylation sites (N-methyl/N-ethyl adjacent to an activating group) is 1. The number of allylic oxidation sites excluding steroid dienone is 20. The molecule has 0 aromatic carbocycles. The summed E-state index contributed by atoms with van der Waals surface area (Å²) in [6, 6.07) is 0. The smallest absolute Gasteiger partial charge is 0.306 e. The van der Waals surface area contributed by atoms with Gasteiger partial charge in [0.25, 0.3) is 7.82 Å². The van der Waals surface area contributed by atoms with Crippen LogP contribution in [0.4, 0.5) is 0 Å².